The van der Waals surface area contributed by atoms with E-state index in [1.807, 2.05) is 0 Å². The van der Waals surface area contributed by atoms with Crippen LogP contribution in [-0.4, -0.2) is 32.6 Å². The van der Waals surface area contributed by atoms with Crippen LogP contribution in [0.2, 0.25) is 5.02 Å². The van der Waals surface area contributed by atoms with E-state index in [4.69, 9.17) is 25.8 Å². The highest BCUT2D eigenvalue weighted by molar-refractivity contribution is 6.30. The lowest BCUT2D eigenvalue weighted by Crippen LogP contribution is -2.26. The first-order chi connectivity index (χ1) is 12.5. The molecule has 2 rings (SSSR count). The standard InChI is InChI=1S/C19H20ClNO5/c1-24-16-5-3-4-14(18(16)25-2)12-26-17(22)10-11-21-19(23)13-6-8-15(20)9-7-13/h3-9H,10-12H2,1-2H3,(H,21,23). The maximum atomic E-state index is 11.9. The van der Waals surface area contributed by atoms with Crippen LogP contribution >= 0.6 is 11.6 Å². The molecule has 0 saturated heterocycles. The number of hydrogen-bond donors (Lipinski definition) is 1. The molecule has 7 heteroatoms. The Morgan fingerprint density at radius 1 is 1.04 bits per heavy atom. The first-order valence-electron chi connectivity index (χ1n) is 7.94. The van der Waals surface area contributed by atoms with Gasteiger partial charge in [0.15, 0.2) is 11.5 Å². The van der Waals surface area contributed by atoms with E-state index in [0.29, 0.717) is 27.6 Å². The lowest BCUT2D eigenvalue weighted by atomic mass is 10.2. The number of nitrogens with one attached hydrogen (secondary N) is 1. The van der Waals surface area contributed by atoms with Gasteiger partial charge in [-0.05, 0) is 30.3 Å². The minimum Gasteiger partial charge on any atom is -0.493 e. The van der Waals surface area contributed by atoms with Crippen molar-refractivity contribution in [2.24, 2.45) is 0 Å². The molecule has 0 bridgehead atoms. The van der Waals surface area contributed by atoms with Gasteiger partial charge in [0.2, 0.25) is 0 Å². The Bertz CT molecular complexity index is 761. The number of hydrogen-bond acceptors (Lipinski definition) is 5. The lowest BCUT2D eigenvalue weighted by molar-refractivity contribution is -0.144. The van der Waals surface area contributed by atoms with Crippen molar-refractivity contribution in [1.29, 1.82) is 0 Å². The molecule has 0 unspecified atom stereocenters. The quantitative estimate of drug-likeness (QED) is 0.715. The van der Waals surface area contributed by atoms with Crippen LogP contribution in [0.1, 0.15) is 22.3 Å². The van der Waals surface area contributed by atoms with Crippen molar-refractivity contribution in [3.63, 3.8) is 0 Å². The summed E-state index contributed by atoms with van der Waals surface area (Å²) >= 11 is 5.78. The average Bonchev–Trinajstić information content (AvgIpc) is 2.66. The van der Waals surface area contributed by atoms with Crippen LogP contribution in [0.15, 0.2) is 42.5 Å². The van der Waals surface area contributed by atoms with Crippen molar-refractivity contribution in [1.82, 2.24) is 5.32 Å². The maximum absolute atomic E-state index is 11.9. The average molecular weight is 378 g/mol. The smallest absolute Gasteiger partial charge is 0.307 e. The molecule has 0 saturated carbocycles. The summed E-state index contributed by atoms with van der Waals surface area (Å²) in [4.78, 5) is 23.8. The molecule has 138 valence electrons. The Kier molecular flexibility index (Phi) is 7.29. The van der Waals surface area contributed by atoms with Crippen LogP contribution in [0.25, 0.3) is 0 Å². The van der Waals surface area contributed by atoms with Crippen molar-refractivity contribution in [2.75, 3.05) is 20.8 Å². The molecule has 0 aliphatic heterocycles. The number of methoxy groups -OCH3 is 2. The van der Waals surface area contributed by atoms with E-state index in [1.165, 1.54) is 14.2 Å². The lowest BCUT2D eigenvalue weighted by Gasteiger charge is -2.12. The number of esters is 1. The third kappa shape index (κ3) is 5.39. The zero-order valence-electron chi connectivity index (χ0n) is 14.6. The van der Waals surface area contributed by atoms with Crippen LogP contribution in [0.4, 0.5) is 0 Å². The van der Waals surface area contributed by atoms with Gasteiger partial charge < -0.3 is 19.5 Å². The summed E-state index contributed by atoms with van der Waals surface area (Å²) in [5, 5.41) is 3.21. The summed E-state index contributed by atoms with van der Waals surface area (Å²) in [6.07, 6.45) is 0.0611. The fourth-order valence-electron chi connectivity index (χ4n) is 2.28. The van der Waals surface area contributed by atoms with E-state index in [1.54, 1.807) is 42.5 Å². The zero-order chi connectivity index (χ0) is 18.9. The van der Waals surface area contributed by atoms with Crippen LogP contribution in [0.3, 0.4) is 0 Å². The van der Waals surface area contributed by atoms with Gasteiger partial charge in [-0.15, -0.1) is 0 Å². The topological polar surface area (TPSA) is 73.9 Å². The molecule has 0 aliphatic rings. The fourth-order valence-corrected chi connectivity index (χ4v) is 2.41. The highest BCUT2D eigenvalue weighted by Gasteiger charge is 2.12. The minimum absolute atomic E-state index is 0.0599. The Labute approximate surface area is 157 Å². The Morgan fingerprint density at radius 3 is 2.42 bits per heavy atom. The number of carbonyl (C=O) groups excluding carboxylic acids is 2. The molecule has 1 N–H and O–H groups in total. The first-order valence-corrected chi connectivity index (χ1v) is 8.32. The van der Waals surface area contributed by atoms with Crippen molar-refractivity contribution < 1.29 is 23.8 Å². The summed E-state index contributed by atoms with van der Waals surface area (Å²) in [6, 6.07) is 11.8. The third-order valence-electron chi connectivity index (χ3n) is 3.59. The molecular formula is C19H20ClNO5. The molecule has 2 aromatic carbocycles. The highest BCUT2D eigenvalue weighted by Crippen LogP contribution is 2.31. The molecule has 6 nitrogen and oxygen atoms in total. The molecular weight excluding hydrogens is 358 g/mol. The van der Waals surface area contributed by atoms with Crippen LogP contribution in [-0.2, 0) is 16.1 Å². The predicted molar refractivity (Wildman–Crippen MR) is 97.7 cm³/mol. The number of para-hydroxylation sites is 1. The van der Waals surface area contributed by atoms with Gasteiger partial charge in [-0.2, -0.15) is 0 Å². The molecule has 0 aliphatic carbocycles. The number of ether oxygens (including phenoxy) is 3. The fraction of sp³-hybridized carbons (Fsp3) is 0.263. The van der Waals surface area contributed by atoms with E-state index < -0.39 is 5.97 Å². The van der Waals surface area contributed by atoms with E-state index in [2.05, 4.69) is 5.32 Å². The van der Waals surface area contributed by atoms with Gasteiger partial charge in [0.25, 0.3) is 5.91 Å². The summed E-state index contributed by atoms with van der Waals surface area (Å²) in [7, 11) is 3.06. The Morgan fingerprint density at radius 2 is 1.77 bits per heavy atom. The van der Waals surface area contributed by atoms with Gasteiger partial charge in [0, 0.05) is 22.7 Å². The van der Waals surface area contributed by atoms with E-state index in [9.17, 15) is 9.59 Å². The van der Waals surface area contributed by atoms with Crippen molar-refractivity contribution >= 4 is 23.5 Å². The second kappa shape index (κ2) is 9.68. The number of rotatable bonds is 8. The number of benzene rings is 2. The second-order valence-electron chi connectivity index (χ2n) is 5.33. The molecule has 0 fully saturated rings. The monoisotopic (exact) mass is 377 g/mol. The molecule has 0 heterocycles. The summed E-state index contributed by atoms with van der Waals surface area (Å²) in [5.74, 6) is 0.394. The van der Waals surface area contributed by atoms with Gasteiger partial charge in [0.05, 0.1) is 20.6 Å². The van der Waals surface area contributed by atoms with Crippen molar-refractivity contribution in [3.05, 3.63) is 58.6 Å². The van der Waals surface area contributed by atoms with E-state index in [0.717, 1.165) is 0 Å². The Balaban J connectivity index is 1.79. The van der Waals surface area contributed by atoms with Crippen molar-refractivity contribution in [2.45, 2.75) is 13.0 Å². The van der Waals surface area contributed by atoms with Gasteiger partial charge in [-0.1, -0.05) is 23.7 Å². The second-order valence-corrected chi connectivity index (χ2v) is 5.76. The molecule has 0 radical (unpaired) electrons. The molecule has 26 heavy (non-hydrogen) atoms. The maximum Gasteiger partial charge on any atom is 0.307 e. The molecule has 0 atom stereocenters. The molecule has 1 amide bonds. The van der Waals surface area contributed by atoms with Crippen LogP contribution in [0, 0.1) is 0 Å². The van der Waals surface area contributed by atoms with Gasteiger partial charge in [-0.25, -0.2) is 0 Å². The molecule has 0 aromatic heterocycles. The number of carbonyl (C=O) groups is 2. The summed E-state index contributed by atoms with van der Waals surface area (Å²) < 4.78 is 15.7. The van der Waals surface area contributed by atoms with Gasteiger partial charge in [0.1, 0.15) is 6.61 Å². The largest absolute Gasteiger partial charge is 0.493 e. The zero-order valence-corrected chi connectivity index (χ0v) is 15.3. The van der Waals surface area contributed by atoms with Gasteiger partial charge in [-0.3, -0.25) is 9.59 Å². The van der Waals surface area contributed by atoms with Gasteiger partial charge >= 0.3 is 5.97 Å². The molecule has 2 aromatic rings. The third-order valence-corrected chi connectivity index (χ3v) is 3.85. The summed E-state index contributed by atoms with van der Waals surface area (Å²) in [5.41, 5.74) is 1.18. The van der Waals surface area contributed by atoms with Crippen LogP contribution in [0.5, 0.6) is 11.5 Å². The first kappa shape index (κ1) is 19.6. The number of amides is 1. The Hall–Kier alpha value is -2.73. The highest BCUT2D eigenvalue weighted by atomic mass is 35.5. The predicted octanol–water partition coefficient (Wildman–Crippen LogP) is 3.22. The van der Waals surface area contributed by atoms with Crippen molar-refractivity contribution in [3.8, 4) is 11.5 Å². The van der Waals surface area contributed by atoms with Crippen LogP contribution < -0.4 is 14.8 Å². The number of halogens is 1. The molecule has 0 spiro atoms. The normalized spacial score (nSPS) is 10.1. The minimum atomic E-state index is -0.425. The summed E-state index contributed by atoms with van der Waals surface area (Å²) in [6.45, 7) is 0.236. The van der Waals surface area contributed by atoms with E-state index in [-0.39, 0.29) is 25.5 Å². The van der Waals surface area contributed by atoms with E-state index >= 15 is 0 Å². The SMILES string of the molecule is COc1cccc(COC(=O)CCNC(=O)c2ccc(Cl)cc2)c1OC.